The van der Waals surface area contributed by atoms with Gasteiger partial charge < -0.3 is 10.2 Å². The SMILES string of the molecule is CC(=O)c1ccc(NC(=O)CCN2CCN(c3ncc(C(F)(F)F)cc3Cl)CC2)cc1. The van der Waals surface area contributed by atoms with Crippen molar-refractivity contribution in [2.45, 2.75) is 19.5 Å². The molecule has 1 aromatic heterocycles. The third kappa shape index (κ3) is 6.18. The highest BCUT2D eigenvalue weighted by Gasteiger charge is 2.32. The minimum Gasteiger partial charge on any atom is -0.353 e. The normalized spacial score (nSPS) is 15.1. The van der Waals surface area contributed by atoms with E-state index in [2.05, 4.69) is 15.2 Å². The molecule has 1 aromatic carbocycles. The van der Waals surface area contributed by atoms with Crippen molar-refractivity contribution < 1.29 is 22.8 Å². The summed E-state index contributed by atoms with van der Waals surface area (Å²) in [4.78, 5) is 31.3. The first-order valence-corrected chi connectivity index (χ1v) is 10.1. The van der Waals surface area contributed by atoms with Crippen molar-refractivity contribution in [2.75, 3.05) is 42.9 Å². The molecule has 10 heteroatoms. The maximum absolute atomic E-state index is 12.8. The third-order valence-corrected chi connectivity index (χ3v) is 5.33. The van der Waals surface area contributed by atoms with Crippen molar-refractivity contribution >= 4 is 34.8 Å². The molecule has 0 unspecified atom stereocenters. The summed E-state index contributed by atoms with van der Waals surface area (Å²) in [5.41, 5.74) is 0.336. The fourth-order valence-corrected chi connectivity index (χ4v) is 3.56. The number of nitrogens with one attached hydrogen (secondary N) is 1. The second-order valence-electron chi connectivity index (χ2n) is 7.29. The molecule has 1 N–H and O–H groups in total. The van der Waals surface area contributed by atoms with Gasteiger partial charge in [0.2, 0.25) is 5.91 Å². The Labute approximate surface area is 183 Å². The monoisotopic (exact) mass is 454 g/mol. The number of benzene rings is 1. The average Bonchev–Trinajstić information content (AvgIpc) is 2.72. The van der Waals surface area contributed by atoms with E-state index in [4.69, 9.17) is 11.6 Å². The van der Waals surface area contributed by atoms with Crippen LogP contribution in [0.5, 0.6) is 0 Å². The Morgan fingerprint density at radius 2 is 1.77 bits per heavy atom. The van der Waals surface area contributed by atoms with E-state index in [-0.39, 0.29) is 16.7 Å². The van der Waals surface area contributed by atoms with Crippen LogP contribution in [0.3, 0.4) is 0 Å². The maximum atomic E-state index is 12.8. The number of ketones is 1. The Bertz CT molecular complexity index is 943. The summed E-state index contributed by atoms with van der Waals surface area (Å²) in [5, 5.41) is 2.77. The fraction of sp³-hybridized carbons (Fsp3) is 0.381. The highest BCUT2D eigenvalue weighted by Crippen LogP contribution is 2.33. The molecule has 0 bridgehead atoms. The predicted octanol–water partition coefficient (Wildman–Crippen LogP) is 4.11. The van der Waals surface area contributed by atoms with Gasteiger partial charge >= 0.3 is 6.18 Å². The minimum atomic E-state index is -4.48. The summed E-state index contributed by atoms with van der Waals surface area (Å²) in [6.45, 7) is 4.41. The molecule has 0 atom stereocenters. The fourth-order valence-electron chi connectivity index (χ4n) is 3.27. The molecule has 0 saturated carbocycles. The molecule has 1 saturated heterocycles. The summed E-state index contributed by atoms with van der Waals surface area (Å²) >= 11 is 6.02. The molecule has 2 heterocycles. The highest BCUT2D eigenvalue weighted by atomic mass is 35.5. The molecule has 6 nitrogen and oxygen atoms in total. The van der Waals surface area contributed by atoms with Gasteiger partial charge in [-0.3, -0.25) is 14.5 Å². The quantitative estimate of drug-likeness (QED) is 0.665. The average molecular weight is 455 g/mol. The number of halogens is 4. The number of piperazine rings is 1. The van der Waals surface area contributed by atoms with Gasteiger partial charge in [-0.1, -0.05) is 11.6 Å². The van der Waals surface area contributed by atoms with Crippen LogP contribution < -0.4 is 10.2 Å². The van der Waals surface area contributed by atoms with Gasteiger partial charge in [-0.05, 0) is 37.3 Å². The van der Waals surface area contributed by atoms with Crippen LogP contribution in [0, 0.1) is 0 Å². The maximum Gasteiger partial charge on any atom is 0.417 e. The topological polar surface area (TPSA) is 65.5 Å². The van der Waals surface area contributed by atoms with Crippen LogP contribution in [0.4, 0.5) is 24.7 Å². The zero-order chi connectivity index (χ0) is 22.6. The largest absolute Gasteiger partial charge is 0.417 e. The Kier molecular flexibility index (Phi) is 7.17. The number of hydrogen-bond acceptors (Lipinski definition) is 5. The second-order valence-corrected chi connectivity index (χ2v) is 7.69. The summed E-state index contributed by atoms with van der Waals surface area (Å²) in [5.74, 6) is 0.163. The zero-order valence-corrected chi connectivity index (χ0v) is 17.6. The molecule has 0 aliphatic carbocycles. The molecule has 2 aromatic rings. The van der Waals surface area contributed by atoms with Gasteiger partial charge in [-0.2, -0.15) is 13.2 Å². The number of amides is 1. The molecule has 3 rings (SSSR count). The number of hydrogen-bond donors (Lipinski definition) is 1. The number of alkyl halides is 3. The summed E-state index contributed by atoms with van der Waals surface area (Å²) in [7, 11) is 0. The van der Waals surface area contributed by atoms with E-state index in [0.717, 1.165) is 12.3 Å². The molecule has 166 valence electrons. The van der Waals surface area contributed by atoms with E-state index in [1.807, 2.05) is 4.90 Å². The number of Topliss-reactive ketones (excluding diaryl/α,β-unsaturated/α-hetero) is 1. The Hall–Kier alpha value is -2.65. The van der Waals surface area contributed by atoms with Crippen LogP contribution in [0.2, 0.25) is 5.02 Å². The van der Waals surface area contributed by atoms with Gasteiger partial charge in [-0.15, -0.1) is 0 Å². The van der Waals surface area contributed by atoms with Crippen molar-refractivity contribution in [1.82, 2.24) is 9.88 Å². The Balaban J connectivity index is 1.46. The predicted molar refractivity (Wildman–Crippen MR) is 113 cm³/mol. The first kappa shape index (κ1) is 23.0. The van der Waals surface area contributed by atoms with E-state index in [0.29, 0.717) is 56.2 Å². The van der Waals surface area contributed by atoms with Crippen LogP contribution in [0.15, 0.2) is 36.5 Å². The van der Waals surface area contributed by atoms with E-state index in [1.165, 1.54) is 6.92 Å². The van der Waals surface area contributed by atoms with Crippen LogP contribution in [0.25, 0.3) is 0 Å². The van der Waals surface area contributed by atoms with Gasteiger partial charge in [0.05, 0.1) is 10.6 Å². The lowest BCUT2D eigenvalue weighted by Gasteiger charge is -2.35. The molecule has 1 fully saturated rings. The molecule has 1 aliphatic rings. The van der Waals surface area contributed by atoms with Crippen LogP contribution in [-0.2, 0) is 11.0 Å². The van der Waals surface area contributed by atoms with E-state index in [9.17, 15) is 22.8 Å². The number of anilines is 2. The second kappa shape index (κ2) is 9.65. The molecule has 1 aliphatic heterocycles. The van der Waals surface area contributed by atoms with Crippen molar-refractivity contribution in [3.05, 3.63) is 52.7 Å². The van der Waals surface area contributed by atoms with Gasteiger partial charge in [-0.25, -0.2) is 4.98 Å². The Morgan fingerprint density at radius 3 is 2.32 bits per heavy atom. The van der Waals surface area contributed by atoms with Crippen molar-refractivity contribution in [2.24, 2.45) is 0 Å². The number of pyridine rings is 1. The third-order valence-electron chi connectivity index (χ3n) is 5.05. The number of rotatable bonds is 6. The van der Waals surface area contributed by atoms with Crippen molar-refractivity contribution in [3.8, 4) is 0 Å². The molecule has 31 heavy (non-hydrogen) atoms. The molecular weight excluding hydrogens is 433 g/mol. The van der Waals surface area contributed by atoms with Gasteiger partial charge in [0.15, 0.2) is 5.78 Å². The minimum absolute atomic E-state index is 0.0292. The lowest BCUT2D eigenvalue weighted by atomic mass is 10.1. The van der Waals surface area contributed by atoms with Gasteiger partial charge in [0.25, 0.3) is 0 Å². The van der Waals surface area contributed by atoms with Gasteiger partial charge in [0.1, 0.15) is 5.82 Å². The summed E-state index contributed by atoms with van der Waals surface area (Å²) in [6.07, 6.45) is -3.39. The van der Waals surface area contributed by atoms with Crippen LogP contribution in [0.1, 0.15) is 29.3 Å². The number of aromatic nitrogens is 1. The molecule has 1 amide bonds. The van der Waals surface area contributed by atoms with Crippen LogP contribution >= 0.6 is 11.6 Å². The first-order valence-electron chi connectivity index (χ1n) is 9.74. The van der Waals surface area contributed by atoms with Crippen molar-refractivity contribution in [1.29, 1.82) is 0 Å². The zero-order valence-electron chi connectivity index (χ0n) is 16.9. The first-order chi connectivity index (χ1) is 14.6. The van der Waals surface area contributed by atoms with Crippen molar-refractivity contribution in [3.63, 3.8) is 0 Å². The molecule has 0 spiro atoms. The Morgan fingerprint density at radius 1 is 1.13 bits per heavy atom. The molecular formula is C21H22ClF3N4O2. The molecule has 0 radical (unpaired) electrons. The summed E-state index contributed by atoms with van der Waals surface area (Å²) < 4.78 is 38.3. The highest BCUT2D eigenvalue weighted by molar-refractivity contribution is 6.33. The number of carbonyl (C=O) groups is 2. The lowest BCUT2D eigenvalue weighted by Crippen LogP contribution is -2.47. The van der Waals surface area contributed by atoms with E-state index < -0.39 is 11.7 Å². The number of nitrogens with zero attached hydrogens (tertiary/aromatic N) is 3. The standard InChI is InChI=1S/C21H22ClF3N4O2/c1-14(30)15-2-4-17(5-3-15)27-19(31)6-7-28-8-10-29(11-9-28)20-18(22)12-16(13-26-20)21(23,24)25/h2-5,12-13H,6-11H2,1H3,(H,27,31). The van der Waals surface area contributed by atoms with E-state index >= 15 is 0 Å². The lowest BCUT2D eigenvalue weighted by molar-refractivity contribution is -0.137. The van der Waals surface area contributed by atoms with Gasteiger partial charge in [0, 0.05) is 56.6 Å². The van der Waals surface area contributed by atoms with E-state index in [1.54, 1.807) is 24.3 Å². The summed E-state index contributed by atoms with van der Waals surface area (Å²) in [6, 6.07) is 7.60. The smallest absolute Gasteiger partial charge is 0.353 e. The van der Waals surface area contributed by atoms with Crippen LogP contribution in [-0.4, -0.2) is 54.3 Å². The number of carbonyl (C=O) groups excluding carboxylic acids is 2.